The number of carbonyl (C=O) groups excluding carboxylic acids is 2. The van der Waals surface area contributed by atoms with Gasteiger partial charge in [-0.1, -0.05) is 84.6 Å². The van der Waals surface area contributed by atoms with E-state index in [4.69, 9.17) is 9.47 Å². The predicted molar refractivity (Wildman–Crippen MR) is 158 cm³/mol. The molecule has 0 unspecified atom stereocenters. The van der Waals surface area contributed by atoms with Gasteiger partial charge < -0.3 is 9.47 Å². The van der Waals surface area contributed by atoms with Crippen LogP contribution in [0.15, 0.2) is 121 Å². The van der Waals surface area contributed by atoms with Crippen molar-refractivity contribution in [2.75, 3.05) is 0 Å². The average Bonchev–Trinajstić information content (AvgIpc) is 3.06. The molecule has 0 aliphatic carbocycles. The fourth-order valence-electron chi connectivity index (χ4n) is 3.73. The number of rotatable bonds is 6. The second-order valence-corrected chi connectivity index (χ2v) is 9.02. The van der Waals surface area contributed by atoms with Gasteiger partial charge in [0.2, 0.25) is 0 Å². The zero-order chi connectivity index (χ0) is 29.0. The van der Waals surface area contributed by atoms with Gasteiger partial charge in [-0.15, -0.1) is 0 Å². The highest BCUT2D eigenvalue weighted by atomic mass is 16.5. The van der Waals surface area contributed by atoms with Gasteiger partial charge in [-0.05, 0) is 71.5 Å². The lowest BCUT2D eigenvalue weighted by molar-refractivity contribution is 0.0453. The Morgan fingerprint density at radius 2 is 0.881 bits per heavy atom. The SMILES string of the molecule is O=C(OCc1ccc(COC(=O)c2cccc(C#Cc3ccccc3)n2)cc1)c1cccc(C#Cc2ccccc2)n1. The summed E-state index contributed by atoms with van der Waals surface area (Å²) in [5.74, 6) is 10.9. The van der Waals surface area contributed by atoms with E-state index in [9.17, 15) is 9.59 Å². The summed E-state index contributed by atoms with van der Waals surface area (Å²) >= 11 is 0. The zero-order valence-electron chi connectivity index (χ0n) is 22.5. The highest BCUT2D eigenvalue weighted by molar-refractivity contribution is 5.87. The summed E-state index contributed by atoms with van der Waals surface area (Å²) in [6, 6.07) is 36.4. The predicted octanol–water partition coefficient (Wildman–Crippen LogP) is 5.99. The Morgan fingerprint density at radius 1 is 0.476 bits per heavy atom. The number of esters is 2. The summed E-state index contributed by atoms with van der Waals surface area (Å²) in [4.78, 5) is 33.7. The molecule has 5 rings (SSSR count). The van der Waals surface area contributed by atoms with Crippen LogP contribution in [0.3, 0.4) is 0 Å². The minimum absolute atomic E-state index is 0.0707. The first-order valence-corrected chi connectivity index (χ1v) is 13.1. The molecule has 0 saturated heterocycles. The van der Waals surface area contributed by atoms with Crippen LogP contribution in [-0.2, 0) is 22.7 Å². The van der Waals surface area contributed by atoms with Crippen molar-refractivity contribution in [3.8, 4) is 23.7 Å². The second kappa shape index (κ2) is 13.9. The van der Waals surface area contributed by atoms with E-state index in [1.807, 2.05) is 84.9 Å². The van der Waals surface area contributed by atoms with E-state index in [2.05, 4.69) is 33.6 Å². The lowest BCUT2D eigenvalue weighted by Crippen LogP contribution is -2.09. The third kappa shape index (κ3) is 8.02. The second-order valence-electron chi connectivity index (χ2n) is 9.02. The number of carbonyl (C=O) groups is 2. The minimum atomic E-state index is -0.542. The molecule has 0 aliphatic heterocycles. The smallest absolute Gasteiger partial charge is 0.357 e. The van der Waals surface area contributed by atoms with Crippen molar-refractivity contribution in [3.05, 3.63) is 166 Å². The van der Waals surface area contributed by atoms with Crippen molar-refractivity contribution in [2.45, 2.75) is 13.2 Å². The number of hydrogen-bond donors (Lipinski definition) is 0. The Balaban J connectivity index is 1.11. The van der Waals surface area contributed by atoms with Crippen LogP contribution in [0.2, 0.25) is 0 Å². The molecule has 5 aromatic rings. The number of benzene rings is 3. The number of aromatic nitrogens is 2. The van der Waals surface area contributed by atoms with Gasteiger partial charge in [-0.3, -0.25) is 0 Å². The highest BCUT2D eigenvalue weighted by Gasteiger charge is 2.11. The van der Waals surface area contributed by atoms with Gasteiger partial charge in [0.25, 0.3) is 0 Å². The summed E-state index contributed by atoms with van der Waals surface area (Å²) in [6.07, 6.45) is 0. The van der Waals surface area contributed by atoms with Crippen LogP contribution in [0.4, 0.5) is 0 Å². The summed E-state index contributed by atoms with van der Waals surface area (Å²) < 4.78 is 10.9. The maximum absolute atomic E-state index is 12.6. The quantitative estimate of drug-likeness (QED) is 0.192. The number of ether oxygens (including phenoxy) is 2. The molecule has 42 heavy (non-hydrogen) atoms. The van der Waals surface area contributed by atoms with Crippen LogP contribution < -0.4 is 0 Å². The first-order valence-electron chi connectivity index (χ1n) is 13.1. The molecule has 6 heteroatoms. The third-order valence-electron chi connectivity index (χ3n) is 5.90. The van der Waals surface area contributed by atoms with Gasteiger partial charge in [0, 0.05) is 11.1 Å². The summed E-state index contributed by atoms with van der Waals surface area (Å²) in [6.45, 7) is 0.141. The third-order valence-corrected chi connectivity index (χ3v) is 5.90. The van der Waals surface area contributed by atoms with Crippen LogP contribution in [0.1, 0.15) is 54.6 Å². The van der Waals surface area contributed by atoms with Crippen molar-refractivity contribution in [1.82, 2.24) is 9.97 Å². The number of pyridine rings is 2. The number of nitrogens with zero attached hydrogens (tertiary/aromatic N) is 2. The van der Waals surface area contributed by atoms with Crippen molar-refractivity contribution in [2.24, 2.45) is 0 Å². The monoisotopic (exact) mass is 548 g/mol. The molecule has 0 fully saturated rings. The largest absolute Gasteiger partial charge is 0.456 e. The van der Waals surface area contributed by atoms with Gasteiger partial charge in [0.1, 0.15) is 36.0 Å². The molecular weight excluding hydrogens is 524 g/mol. The Hall–Kier alpha value is -5.98. The zero-order valence-corrected chi connectivity index (χ0v) is 22.5. The van der Waals surface area contributed by atoms with Crippen LogP contribution in [0.5, 0.6) is 0 Å². The minimum Gasteiger partial charge on any atom is -0.456 e. The van der Waals surface area contributed by atoms with Crippen LogP contribution in [-0.4, -0.2) is 21.9 Å². The molecular formula is C36H24N2O4. The molecule has 0 amide bonds. The van der Waals surface area contributed by atoms with Crippen molar-refractivity contribution in [3.63, 3.8) is 0 Å². The van der Waals surface area contributed by atoms with Gasteiger partial charge >= 0.3 is 11.9 Å². The molecule has 0 N–H and O–H groups in total. The first-order chi connectivity index (χ1) is 20.6. The summed E-state index contributed by atoms with van der Waals surface area (Å²) in [5, 5.41) is 0. The molecule has 3 aromatic carbocycles. The molecule has 0 atom stereocenters. The summed E-state index contributed by atoms with van der Waals surface area (Å²) in [5.41, 5.74) is 4.61. The fraction of sp³-hybridized carbons (Fsp3) is 0.0556. The van der Waals surface area contributed by atoms with Crippen LogP contribution in [0.25, 0.3) is 0 Å². The molecule has 202 valence electrons. The summed E-state index contributed by atoms with van der Waals surface area (Å²) in [7, 11) is 0. The first kappa shape index (κ1) is 27.6. The topological polar surface area (TPSA) is 78.4 Å². The van der Waals surface area contributed by atoms with Gasteiger partial charge in [0.15, 0.2) is 0 Å². The average molecular weight is 549 g/mol. The molecule has 2 heterocycles. The molecule has 0 bridgehead atoms. The Bertz CT molecular complexity index is 1680. The van der Waals surface area contributed by atoms with E-state index in [0.29, 0.717) is 11.4 Å². The van der Waals surface area contributed by atoms with E-state index >= 15 is 0 Å². The molecule has 0 spiro atoms. The molecule has 6 nitrogen and oxygen atoms in total. The lowest BCUT2D eigenvalue weighted by Gasteiger charge is -2.07. The van der Waals surface area contributed by atoms with E-state index in [1.54, 1.807) is 36.4 Å². The van der Waals surface area contributed by atoms with Crippen LogP contribution >= 0.6 is 0 Å². The molecule has 0 saturated carbocycles. The van der Waals surface area contributed by atoms with Gasteiger partial charge in [-0.25, -0.2) is 19.6 Å². The van der Waals surface area contributed by atoms with E-state index in [-0.39, 0.29) is 24.6 Å². The standard InChI is InChI=1S/C36H24N2O4/c39-35(33-15-7-13-31(37-33)23-21-27-9-3-1-4-10-27)41-25-29-17-19-30(20-18-29)26-42-36(40)34-16-8-14-32(38-34)24-22-28-11-5-2-6-12-28/h1-20H,25-26H2. The highest BCUT2D eigenvalue weighted by Crippen LogP contribution is 2.11. The van der Waals surface area contributed by atoms with Gasteiger partial charge in [-0.2, -0.15) is 0 Å². The van der Waals surface area contributed by atoms with E-state index < -0.39 is 11.9 Å². The van der Waals surface area contributed by atoms with E-state index in [1.165, 1.54) is 0 Å². The molecule has 0 radical (unpaired) electrons. The normalized spacial score (nSPS) is 9.90. The van der Waals surface area contributed by atoms with Gasteiger partial charge in [0.05, 0.1) is 0 Å². The maximum atomic E-state index is 12.6. The Labute approximate surface area is 244 Å². The maximum Gasteiger partial charge on any atom is 0.357 e. The lowest BCUT2D eigenvalue weighted by atomic mass is 10.1. The Kier molecular flexibility index (Phi) is 9.12. The van der Waals surface area contributed by atoms with Crippen LogP contribution in [0, 0.1) is 23.7 Å². The molecule has 2 aromatic heterocycles. The fourth-order valence-corrected chi connectivity index (χ4v) is 3.73. The van der Waals surface area contributed by atoms with E-state index in [0.717, 1.165) is 22.3 Å². The van der Waals surface area contributed by atoms with Crippen molar-refractivity contribution >= 4 is 11.9 Å². The van der Waals surface area contributed by atoms with Crippen molar-refractivity contribution < 1.29 is 19.1 Å². The molecule has 0 aliphatic rings. The van der Waals surface area contributed by atoms with Crippen molar-refractivity contribution in [1.29, 1.82) is 0 Å². The Morgan fingerprint density at radius 3 is 1.29 bits per heavy atom. The number of hydrogen-bond acceptors (Lipinski definition) is 6.